The Morgan fingerprint density at radius 3 is 2.50 bits per heavy atom. The third-order valence-electron chi connectivity index (χ3n) is 2.71. The van der Waals surface area contributed by atoms with Gasteiger partial charge in [-0.15, -0.1) is 0 Å². The molecule has 0 aliphatic rings. The van der Waals surface area contributed by atoms with Crippen molar-refractivity contribution in [2.75, 3.05) is 6.61 Å². The lowest BCUT2D eigenvalue weighted by Crippen LogP contribution is -2.01. The molecule has 2 rings (SSSR count). The van der Waals surface area contributed by atoms with Crippen LogP contribution in [0.4, 0.5) is 0 Å². The van der Waals surface area contributed by atoms with E-state index < -0.39 is 5.24 Å². The number of carbonyl (C=O) groups excluding carboxylic acids is 1. The van der Waals surface area contributed by atoms with Gasteiger partial charge in [0.25, 0.3) is 5.24 Å². The van der Waals surface area contributed by atoms with E-state index in [-0.39, 0.29) is 0 Å². The fourth-order valence-electron chi connectivity index (χ4n) is 1.77. The van der Waals surface area contributed by atoms with Crippen molar-refractivity contribution in [2.45, 2.75) is 13.5 Å². The van der Waals surface area contributed by atoms with E-state index in [4.69, 9.17) is 21.1 Å². The smallest absolute Gasteiger partial charge is 0.256 e. The van der Waals surface area contributed by atoms with Gasteiger partial charge in [0.05, 0.1) is 12.2 Å². The summed E-state index contributed by atoms with van der Waals surface area (Å²) in [7, 11) is 0. The Morgan fingerprint density at radius 2 is 1.85 bits per heavy atom. The van der Waals surface area contributed by atoms with Crippen molar-refractivity contribution in [3.05, 3.63) is 59.7 Å². The predicted octanol–water partition coefficient (Wildman–Crippen LogP) is 4.04. The van der Waals surface area contributed by atoms with E-state index in [2.05, 4.69) is 0 Å². The van der Waals surface area contributed by atoms with Gasteiger partial charge in [-0.3, -0.25) is 4.79 Å². The standard InChI is InChI=1S/C16H15ClO3/c1-2-19-15-10-13(8-9-14(15)16(17)18)20-11-12-6-4-3-5-7-12/h3-10H,2,11H2,1H3. The number of rotatable bonds is 6. The monoisotopic (exact) mass is 290 g/mol. The number of hydrogen-bond acceptors (Lipinski definition) is 3. The molecule has 3 nitrogen and oxygen atoms in total. The second-order valence-electron chi connectivity index (χ2n) is 4.14. The highest BCUT2D eigenvalue weighted by molar-refractivity contribution is 6.68. The van der Waals surface area contributed by atoms with Gasteiger partial charge in [0.1, 0.15) is 18.1 Å². The summed E-state index contributed by atoms with van der Waals surface area (Å²) in [6, 6.07) is 14.8. The Hall–Kier alpha value is -2.00. The molecule has 0 aromatic heterocycles. The lowest BCUT2D eigenvalue weighted by Gasteiger charge is -2.11. The molecular formula is C16H15ClO3. The van der Waals surface area contributed by atoms with Crippen LogP contribution in [0, 0.1) is 0 Å². The van der Waals surface area contributed by atoms with Crippen LogP contribution in [0.15, 0.2) is 48.5 Å². The summed E-state index contributed by atoms with van der Waals surface area (Å²) >= 11 is 5.51. The number of halogens is 1. The van der Waals surface area contributed by atoms with E-state index in [0.717, 1.165) is 5.56 Å². The van der Waals surface area contributed by atoms with Crippen molar-refractivity contribution < 1.29 is 14.3 Å². The maximum Gasteiger partial charge on any atom is 0.256 e. The normalized spacial score (nSPS) is 10.1. The van der Waals surface area contributed by atoms with Gasteiger partial charge in [0.2, 0.25) is 0 Å². The van der Waals surface area contributed by atoms with Crippen LogP contribution in [0.3, 0.4) is 0 Å². The zero-order chi connectivity index (χ0) is 14.4. The molecule has 4 heteroatoms. The fraction of sp³-hybridized carbons (Fsp3) is 0.188. The molecule has 0 bridgehead atoms. The van der Waals surface area contributed by atoms with E-state index in [1.807, 2.05) is 37.3 Å². The van der Waals surface area contributed by atoms with E-state index in [1.54, 1.807) is 18.2 Å². The topological polar surface area (TPSA) is 35.5 Å². The predicted molar refractivity (Wildman–Crippen MR) is 78.6 cm³/mol. The molecule has 2 aromatic rings. The quantitative estimate of drug-likeness (QED) is 0.753. The SMILES string of the molecule is CCOc1cc(OCc2ccccc2)ccc1C(=O)Cl. The van der Waals surface area contributed by atoms with Crippen molar-refractivity contribution in [3.63, 3.8) is 0 Å². The highest BCUT2D eigenvalue weighted by Crippen LogP contribution is 2.27. The summed E-state index contributed by atoms with van der Waals surface area (Å²) < 4.78 is 11.1. The number of benzene rings is 2. The lowest BCUT2D eigenvalue weighted by atomic mass is 10.2. The average Bonchev–Trinajstić information content (AvgIpc) is 2.46. The van der Waals surface area contributed by atoms with E-state index >= 15 is 0 Å². The molecule has 0 radical (unpaired) electrons. The molecule has 0 aliphatic heterocycles. The molecule has 0 saturated heterocycles. The summed E-state index contributed by atoms with van der Waals surface area (Å²) in [6.45, 7) is 2.76. The van der Waals surface area contributed by atoms with Crippen LogP contribution in [-0.4, -0.2) is 11.8 Å². The van der Waals surface area contributed by atoms with Crippen LogP contribution >= 0.6 is 11.6 Å². The second kappa shape index (κ2) is 6.96. The van der Waals surface area contributed by atoms with Crippen molar-refractivity contribution in [1.29, 1.82) is 0 Å². The first kappa shape index (κ1) is 14.4. The second-order valence-corrected chi connectivity index (χ2v) is 4.48. The Balaban J connectivity index is 2.12. The van der Waals surface area contributed by atoms with Gasteiger partial charge in [-0.2, -0.15) is 0 Å². The Labute approximate surface area is 123 Å². The first-order valence-corrected chi connectivity index (χ1v) is 6.72. The van der Waals surface area contributed by atoms with Crippen molar-refractivity contribution in [1.82, 2.24) is 0 Å². The highest BCUT2D eigenvalue weighted by Gasteiger charge is 2.11. The molecule has 0 atom stereocenters. The van der Waals surface area contributed by atoms with Crippen LogP contribution in [0.5, 0.6) is 11.5 Å². The zero-order valence-electron chi connectivity index (χ0n) is 11.1. The number of ether oxygens (including phenoxy) is 2. The van der Waals surface area contributed by atoms with Gasteiger partial charge >= 0.3 is 0 Å². The summed E-state index contributed by atoms with van der Waals surface area (Å²) in [6.07, 6.45) is 0. The van der Waals surface area contributed by atoms with Gasteiger partial charge < -0.3 is 9.47 Å². The molecule has 0 heterocycles. The first-order valence-electron chi connectivity index (χ1n) is 6.34. The lowest BCUT2D eigenvalue weighted by molar-refractivity contribution is 0.107. The summed E-state index contributed by atoms with van der Waals surface area (Å²) in [4.78, 5) is 11.3. The Morgan fingerprint density at radius 1 is 1.10 bits per heavy atom. The number of carbonyl (C=O) groups is 1. The largest absolute Gasteiger partial charge is 0.493 e. The summed E-state index contributed by atoms with van der Waals surface area (Å²) in [5.41, 5.74) is 1.42. The molecule has 0 unspecified atom stereocenters. The molecule has 2 aromatic carbocycles. The van der Waals surface area contributed by atoms with Crippen LogP contribution < -0.4 is 9.47 Å². The van der Waals surface area contributed by atoms with Crippen LogP contribution in [0.2, 0.25) is 0 Å². The maximum atomic E-state index is 11.3. The van der Waals surface area contributed by atoms with Gasteiger partial charge in [0.15, 0.2) is 0 Å². The van der Waals surface area contributed by atoms with Gasteiger partial charge in [-0.25, -0.2) is 0 Å². The molecule has 0 fully saturated rings. The zero-order valence-corrected chi connectivity index (χ0v) is 11.9. The Bertz CT molecular complexity index is 582. The van der Waals surface area contributed by atoms with Crippen molar-refractivity contribution in [3.8, 4) is 11.5 Å². The minimum absolute atomic E-state index is 0.348. The third kappa shape index (κ3) is 3.75. The van der Waals surface area contributed by atoms with Gasteiger partial charge in [0, 0.05) is 6.07 Å². The molecule has 20 heavy (non-hydrogen) atoms. The molecule has 104 valence electrons. The molecular weight excluding hydrogens is 276 g/mol. The first-order chi connectivity index (χ1) is 9.70. The van der Waals surface area contributed by atoms with Crippen molar-refractivity contribution >= 4 is 16.8 Å². The maximum absolute atomic E-state index is 11.3. The van der Waals surface area contributed by atoms with E-state index in [9.17, 15) is 4.79 Å². The van der Waals surface area contributed by atoms with Crippen molar-refractivity contribution in [2.24, 2.45) is 0 Å². The third-order valence-corrected chi connectivity index (χ3v) is 2.92. The fourth-order valence-corrected chi connectivity index (χ4v) is 1.93. The van der Waals surface area contributed by atoms with E-state index in [0.29, 0.717) is 30.3 Å². The average molecular weight is 291 g/mol. The van der Waals surface area contributed by atoms with Gasteiger partial charge in [-0.05, 0) is 36.2 Å². The van der Waals surface area contributed by atoms with Crippen LogP contribution in [0.25, 0.3) is 0 Å². The highest BCUT2D eigenvalue weighted by atomic mass is 35.5. The molecule has 0 saturated carbocycles. The Kier molecular flexibility index (Phi) is 5.02. The van der Waals surface area contributed by atoms with E-state index in [1.165, 1.54) is 0 Å². The van der Waals surface area contributed by atoms with Crippen LogP contribution in [-0.2, 0) is 6.61 Å². The summed E-state index contributed by atoms with van der Waals surface area (Å²) in [5, 5.41) is -0.539. The summed E-state index contributed by atoms with van der Waals surface area (Å²) in [5.74, 6) is 1.08. The van der Waals surface area contributed by atoms with Crippen LogP contribution in [0.1, 0.15) is 22.8 Å². The van der Waals surface area contributed by atoms with Gasteiger partial charge in [-0.1, -0.05) is 30.3 Å². The molecule has 0 spiro atoms. The number of hydrogen-bond donors (Lipinski definition) is 0. The molecule has 0 aliphatic carbocycles. The minimum atomic E-state index is -0.539. The minimum Gasteiger partial charge on any atom is -0.493 e. The molecule has 0 N–H and O–H groups in total. The molecule has 0 amide bonds.